The Labute approximate surface area is 226 Å². The van der Waals surface area contributed by atoms with E-state index in [4.69, 9.17) is 0 Å². The number of likely N-dealkylation sites (N-methyl/N-ethyl adjacent to an activating group) is 1. The minimum Gasteiger partial charge on any atom is -0.355 e. The summed E-state index contributed by atoms with van der Waals surface area (Å²) in [7, 11) is -3.53. The van der Waals surface area contributed by atoms with Crippen molar-refractivity contribution in [1.29, 1.82) is 0 Å². The fourth-order valence-electron chi connectivity index (χ4n) is 4.34. The molecule has 0 saturated heterocycles. The molecule has 2 amide bonds. The normalized spacial score (nSPS) is 12.0. The molecule has 0 fully saturated rings. The molecule has 0 aliphatic rings. The van der Waals surface area contributed by atoms with E-state index in [0.29, 0.717) is 25.1 Å². The molecule has 0 aliphatic heterocycles. The van der Waals surface area contributed by atoms with Crippen molar-refractivity contribution < 1.29 is 18.0 Å². The number of amides is 2. The number of rotatable bonds is 13. The highest BCUT2D eigenvalue weighted by Crippen LogP contribution is 2.20. The van der Waals surface area contributed by atoms with E-state index in [2.05, 4.69) is 5.32 Å². The lowest BCUT2D eigenvalue weighted by Gasteiger charge is -2.32. The van der Waals surface area contributed by atoms with Crippen LogP contribution in [0.2, 0.25) is 0 Å². The summed E-state index contributed by atoms with van der Waals surface area (Å²) in [6.45, 7) is 4.69. The fourth-order valence-corrected chi connectivity index (χ4v) is 5.31. The Bertz CT molecular complexity index is 1280. The van der Waals surface area contributed by atoms with Crippen LogP contribution in [0.25, 0.3) is 0 Å². The topological polar surface area (TPSA) is 86.8 Å². The SMILES string of the molecule is CCNC(=O)C(Cc1ccccc1)N(Cc1ccccc1)C(=O)CCCN(c1ccc(C)cc1)S(C)(=O)=O. The molecule has 7 nitrogen and oxygen atoms in total. The Morgan fingerprint density at radius 2 is 1.45 bits per heavy atom. The molecule has 1 unspecified atom stereocenters. The van der Waals surface area contributed by atoms with Gasteiger partial charge in [0.25, 0.3) is 0 Å². The first kappa shape index (κ1) is 28.9. The first-order valence-electron chi connectivity index (χ1n) is 12.9. The van der Waals surface area contributed by atoms with Gasteiger partial charge in [0, 0.05) is 32.5 Å². The quantitative estimate of drug-likeness (QED) is 0.353. The second-order valence-electron chi connectivity index (χ2n) is 9.38. The maximum absolute atomic E-state index is 13.7. The van der Waals surface area contributed by atoms with Crippen LogP contribution in [0.3, 0.4) is 0 Å². The average molecular weight is 536 g/mol. The number of anilines is 1. The zero-order valence-electron chi connectivity index (χ0n) is 22.3. The molecule has 1 atom stereocenters. The van der Waals surface area contributed by atoms with Crippen molar-refractivity contribution >= 4 is 27.5 Å². The van der Waals surface area contributed by atoms with Crippen LogP contribution in [0, 0.1) is 6.92 Å². The van der Waals surface area contributed by atoms with Crippen molar-refractivity contribution in [2.75, 3.05) is 23.7 Å². The van der Waals surface area contributed by atoms with Crippen LogP contribution in [0.5, 0.6) is 0 Å². The Hall–Kier alpha value is -3.65. The third kappa shape index (κ3) is 8.45. The second kappa shape index (κ2) is 13.8. The van der Waals surface area contributed by atoms with Crippen molar-refractivity contribution in [1.82, 2.24) is 10.2 Å². The van der Waals surface area contributed by atoms with Gasteiger partial charge in [0.05, 0.1) is 11.9 Å². The number of nitrogens with one attached hydrogen (secondary N) is 1. The van der Waals surface area contributed by atoms with Crippen molar-refractivity contribution in [2.45, 2.75) is 45.7 Å². The van der Waals surface area contributed by atoms with Gasteiger partial charge in [-0.2, -0.15) is 0 Å². The number of hydrogen-bond donors (Lipinski definition) is 1. The average Bonchev–Trinajstić information content (AvgIpc) is 2.90. The standard InChI is InChI=1S/C30H37N3O4S/c1-4-31-30(35)28(22-25-12-7-5-8-13-25)32(23-26-14-9-6-10-15-26)29(34)16-11-21-33(38(3,36)37)27-19-17-24(2)18-20-27/h5-10,12-15,17-20,28H,4,11,16,21-23H2,1-3H3,(H,31,35). The molecule has 3 aromatic rings. The summed E-state index contributed by atoms with van der Waals surface area (Å²) in [4.78, 5) is 28.5. The first-order valence-corrected chi connectivity index (χ1v) is 14.7. The predicted octanol–water partition coefficient (Wildman–Crippen LogP) is 4.32. The second-order valence-corrected chi connectivity index (χ2v) is 11.3. The lowest BCUT2D eigenvalue weighted by atomic mass is 10.0. The Balaban J connectivity index is 1.83. The van der Waals surface area contributed by atoms with Gasteiger partial charge in [-0.05, 0) is 43.5 Å². The molecule has 0 aliphatic carbocycles. The van der Waals surface area contributed by atoms with Crippen LogP contribution in [0.15, 0.2) is 84.9 Å². The third-order valence-corrected chi connectivity index (χ3v) is 7.49. The fraction of sp³-hybridized carbons (Fsp3) is 0.333. The number of carbonyl (C=O) groups excluding carboxylic acids is 2. The van der Waals surface area contributed by atoms with Gasteiger partial charge in [-0.1, -0.05) is 78.4 Å². The summed E-state index contributed by atoms with van der Waals surface area (Å²) in [5.41, 5.74) is 3.47. The Morgan fingerprint density at radius 1 is 0.868 bits per heavy atom. The van der Waals surface area contributed by atoms with Gasteiger partial charge < -0.3 is 10.2 Å². The lowest BCUT2D eigenvalue weighted by Crippen LogP contribution is -2.50. The lowest BCUT2D eigenvalue weighted by molar-refractivity contribution is -0.141. The number of benzene rings is 3. The molecular weight excluding hydrogens is 498 g/mol. The molecular formula is C30H37N3O4S. The first-order chi connectivity index (χ1) is 18.2. The summed E-state index contributed by atoms with van der Waals surface area (Å²) in [6.07, 6.45) is 1.97. The number of sulfonamides is 1. The molecule has 3 aromatic carbocycles. The molecule has 0 aromatic heterocycles. The summed E-state index contributed by atoms with van der Waals surface area (Å²) < 4.78 is 26.4. The van der Waals surface area contributed by atoms with E-state index in [9.17, 15) is 18.0 Å². The third-order valence-electron chi connectivity index (χ3n) is 6.29. The molecule has 1 N–H and O–H groups in total. The van der Waals surface area contributed by atoms with Crippen LogP contribution in [0.4, 0.5) is 5.69 Å². The van der Waals surface area contributed by atoms with Gasteiger partial charge >= 0.3 is 0 Å². The van der Waals surface area contributed by atoms with Gasteiger partial charge in [0.15, 0.2) is 0 Å². The van der Waals surface area contributed by atoms with Crippen molar-refractivity contribution in [3.05, 3.63) is 102 Å². The Morgan fingerprint density at radius 3 is 2.00 bits per heavy atom. The maximum Gasteiger partial charge on any atom is 0.243 e. The van der Waals surface area contributed by atoms with E-state index < -0.39 is 16.1 Å². The molecule has 0 spiro atoms. The van der Waals surface area contributed by atoms with Crippen molar-refractivity contribution in [3.8, 4) is 0 Å². The van der Waals surface area contributed by atoms with Crippen LogP contribution < -0.4 is 9.62 Å². The van der Waals surface area contributed by atoms with Gasteiger partial charge in [-0.3, -0.25) is 13.9 Å². The molecule has 8 heteroatoms. The van der Waals surface area contributed by atoms with E-state index in [-0.39, 0.29) is 31.3 Å². The molecule has 0 bridgehead atoms. The molecule has 202 valence electrons. The molecule has 0 saturated carbocycles. The minimum absolute atomic E-state index is 0.107. The summed E-state index contributed by atoms with van der Waals surface area (Å²) in [6, 6.07) is 25.8. The van der Waals surface area contributed by atoms with E-state index >= 15 is 0 Å². The highest BCUT2D eigenvalue weighted by Gasteiger charge is 2.30. The van der Waals surface area contributed by atoms with Crippen LogP contribution in [0.1, 0.15) is 36.5 Å². The van der Waals surface area contributed by atoms with Gasteiger partial charge in [0.2, 0.25) is 21.8 Å². The van der Waals surface area contributed by atoms with Gasteiger partial charge in [-0.25, -0.2) is 8.42 Å². The smallest absolute Gasteiger partial charge is 0.243 e. The van der Waals surface area contributed by atoms with Crippen molar-refractivity contribution in [2.24, 2.45) is 0 Å². The largest absolute Gasteiger partial charge is 0.355 e. The summed E-state index contributed by atoms with van der Waals surface area (Å²) in [5, 5.41) is 2.89. The monoisotopic (exact) mass is 535 g/mol. The summed E-state index contributed by atoms with van der Waals surface area (Å²) in [5.74, 6) is -0.406. The van der Waals surface area contributed by atoms with Gasteiger partial charge in [-0.15, -0.1) is 0 Å². The van der Waals surface area contributed by atoms with E-state index in [0.717, 1.165) is 16.7 Å². The minimum atomic E-state index is -3.53. The van der Waals surface area contributed by atoms with Crippen LogP contribution >= 0.6 is 0 Å². The summed E-state index contributed by atoms with van der Waals surface area (Å²) >= 11 is 0. The number of hydrogen-bond acceptors (Lipinski definition) is 4. The van der Waals surface area contributed by atoms with E-state index in [1.165, 1.54) is 10.6 Å². The maximum atomic E-state index is 13.7. The zero-order chi connectivity index (χ0) is 27.5. The molecule has 3 rings (SSSR count). The van der Waals surface area contributed by atoms with Crippen molar-refractivity contribution in [3.63, 3.8) is 0 Å². The van der Waals surface area contributed by atoms with Gasteiger partial charge in [0.1, 0.15) is 6.04 Å². The van der Waals surface area contributed by atoms with Crippen LogP contribution in [-0.4, -0.2) is 50.5 Å². The highest BCUT2D eigenvalue weighted by atomic mass is 32.2. The zero-order valence-corrected chi connectivity index (χ0v) is 23.2. The molecule has 38 heavy (non-hydrogen) atoms. The highest BCUT2D eigenvalue weighted by molar-refractivity contribution is 7.92. The predicted molar refractivity (Wildman–Crippen MR) is 152 cm³/mol. The van der Waals surface area contributed by atoms with E-state index in [1.54, 1.807) is 17.0 Å². The number of carbonyl (C=O) groups is 2. The Kier molecular flexibility index (Phi) is 10.5. The molecule has 0 radical (unpaired) electrons. The molecule has 0 heterocycles. The number of nitrogens with zero attached hydrogens (tertiary/aromatic N) is 2. The van der Waals surface area contributed by atoms with Crippen LogP contribution in [-0.2, 0) is 32.6 Å². The van der Waals surface area contributed by atoms with E-state index in [1.807, 2.05) is 86.6 Å². The number of aryl methyl sites for hydroxylation is 1.